The van der Waals surface area contributed by atoms with Gasteiger partial charge in [0.2, 0.25) is 0 Å². The predicted octanol–water partition coefficient (Wildman–Crippen LogP) is 1.45. The molecule has 2 rings (SSSR count). The second-order valence-corrected chi connectivity index (χ2v) is 4.74. The van der Waals surface area contributed by atoms with Gasteiger partial charge in [-0.05, 0) is 26.2 Å². The molecular weight excluding hydrogens is 258 g/mol. The van der Waals surface area contributed by atoms with E-state index in [0.29, 0.717) is 18.7 Å². The predicted molar refractivity (Wildman–Crippen MR) is 64.6 cm³/mol. The molecule has 2 heterocycles. The number of carbonyl (C=O) groups excluding carboxylic acids is 1. The summed E-state index contributed by atoms with van der Waals surface area (Å²) >= 11 is 5.96. The fourth-order valence-corrected chi connectivity index (χ4v) is 2.29. The number of carboxylic acids is 1. The molecule has 2 N–H and O–H groups in total. The van der Waals surface area contributed by atoms with Crippen molar-refractivity contribution in [3.05, 3.63) is 16.4 Å². The first-order chi connectivity index (χ1) is 8.52. The van der Waals surface area contributed by atoms with E-state index in [0.717, 1.165) is 12.8 Å². The average molecular weight is 272 g/mol. The van der Waals surface area contributed by atoms with Gasteiger partial charge in [0.25, 0.3) is 5.91 Å². The molecule has 1 fully saturated rings. The van der Waals surface area contributed by atoms with Gasteiger partial charge < -0.3 is 10.0 Å². The number of halogens is 1. The number of aryl methyl sites for hydroxylation is 1. The van der Waals surface area contributed by atoms with Crippen LogP contribution in [0.25, 0.3) is 0 Å². The van der Waals surface area contributed by atoms with Gasteiger partial charge in [0.1, 0.15) is 6.04 Å². The van der Waals surface area contributed by atoms with E-state index in [2.05, 4.69) is 10.2 Å². The lowest BCUT2D eigenvalue weighted by Gasteiger charge is -2.32. The molecule has 0 bridgehead atoms. The number of likely N-dealkylation sites (tertiary alicyclic amines) is 1. The fourth-order valence-electron chi connectivity index (χ4n) is 2.12. The molecule has 1 aromatic rings. The van der Waals surface area contributed by atoms with Crippen molar-refractivity contribution in [3.8, 4) is 0 Å². The molecule has 1 saturated heterocycles. The number of carboxylic acid groups (broad SMARTS) is 1. The monoisotopic (exact) mass is 271 g/mol. The van der Waals surface area contributed by atoms with Gasteiger partial charge in [0.15, 0.2) is 5.69 Å². The van der Waals surface area contributed by atoms with E-state index in [1.165, 1.54) is 4.90 Å². The van der Waals surface area contributed by atoms with Crippen molar-refractivity contribution in [1.29, 1.82) is 0 Å². The Labute approximate surface area is 109 Å². The van der Waals surface area contributed by atoms with E-state index in [9.17, 15) is 9.59 Å². The van der Waals surface area contributed by atoms with Gasteiger partial charge in [0.05, 0.1) is 10.7 Å². The van der Waals surface area contributed by atoms with Crippen LogP contribution in [0.1, 0.15) is 35.4 Å². The normalized spacial score (nSPS) is 19.9. The molecule has 0 aromatic carbocycles. The Morgan fingerprint density at radius 3 is 2.78 bits per heavy atom. The molecule has 1 aliphatic heterocycles. The van der Waals surface area contributed by atoms with Crippen LogP contribution in [0.3, 0.4) is 0 Å². The van der Waals surface area contributed by atoms with Crippen molar-refractivity contribution in [3.63, 3.8) is 0 Å². The van der Waals surface area contributed by atoms with Gasteiger partial charge in [-0.25, -0.2) is 4.79 Å². The second-order valence-electron chi connectivity index (χ2n) is 4.36. The van der Waals surface area contributed by atoms with Crippen LogP contribution in [0.4, 0.5) is 0 Å². The average Bonchev–Trinajstić information content (AvgIpc) is 2.69. The van der Waals surface area contributed by atoms with Crippen molar-refractivity contribution < 1.29 is 14.7 Å². The third-order valence-electron chi connectivity index (χ3n) is 3.12. The highest BCUT2D eigenvalue weighted by Gasteiger charge is 2.34. The molecule has 0 saturated carbocycles. The zero-order valence-corrected chi connectivity index (χ0v) is 10.7. The molecule has 18 heavy (non-hydrogen) atoms. The number of amides is 1. The number of hydrogen-bond acceptors (Lipinski definition) is 3. The van der Waals surface area contributed by atoms with Crippen LogP contribution in [0, 0.1) is 6.92 Å². The van der Waals surface area contributed by atoms with Crippen molar-refractivity contribution in [2.75, 3.05) is 6.54 Å². The standard InChI is InChI=1S/C11H14ClN3O3/c1-6-8(12)9(14-13-6)10(16)15-5-3-2-4-7(15)11(17)18/h7H,2-5H2,1H3,(H,13,14)(H,17,18). The lowest BCUT2D eigenvalue weighted by Crippen LogP contribution is -2.48. The maximum atomic E-state index is 12.2. The fraction of sp³-hybridized carbons (Fsp3) is 0.545. The number of aromatic amines is 1. The van der Waals surface area contributed by atoms with Crippen molar-refractivity contribution in [2.24, 2.45) is 0 Å². The highest BCUT2D eigenvalue weighted by molar-refractivity contribution is 6.34. The minimum absolute atomic E-state index is 0.0994. The Hall–Kier alpha value is -1.56. The molecule has 1 amide bonds. The minimum Gasteiger partial charge on any atom is -0.480 e. The van der Waals surface area contributed by atoms with Crippen molar-refractivity contribution >= 4 is 23.5 Å². The zero-order valence-electron chi connectivity index (χ0n) is 9.94. The summed E-state index contributed by atoms with van der Waals surface area (Å²) in [6.45, 7) is 2.13. The highest BCUT2D eigenvalue weighted by atomic mass is 35.5. The molecule has 1 unspecified atom stereocenters. The van der Waals surface area contributed by atoms with E-state index < -0.39 is 17.9 Å². The molecule has 7 heteroatoms. The van der Waals surface area contributed by atoms with Crippen LogP contribution in [-0.2, 0) is 4.79 Å². The van der Waals surface area contributed by atoms with Crippen LogP contribution in [-0.4, -0.2) is 44.7 Å². The highest BCUT2D eigenvalue weighted by Crippen LogP contribution is 2.23. The van der Waals surface area contributed by atoms with E-state index in [1.807, 2.05) is 0 Å². The van der Waals surface area contributed by atoms with Gasteiger partial charge in [-0.3, -0.25) is 9.89 Å². The topological polar surface area (TPSA) is 86.3 Å². The summed E-state index contributed by atoms with van der Waals surface area (Å²) < 4.78 is 0. The smallest absolute Gasteiger partial charge is 0.326 e. The Balaban J connectivity index is 2.26. The Kier molecular flexibility index (Phi) is 3.56. The summed E-state index contributed by atoms with van der Waals surface area (Å²) in [5.74, 6) is -1.40. The number of nitrogens with zero attached hydrogens (tertiary/aromatic N) is 2. The van der Waals surface area contributed by atoms with Crippen LogP contribution in [0.2, 0.25) is 5.02 Å². The number of aromatic nitrogens is 2. The number of rotatable bonds is 2. The molecule has 1 aromatic heterocycles. The summed E-state index contributed by atoms with van der Waals surface area (Å²) in [5.41, 5.74) is 0.700. The molecule has 0 aliphatic carbocycles. The first kappa shape index (κ1) is 12.9. The number of H-pyrrole nitrogens is 1. The summed E-state index contributed by atoms with van der Waals surface area (Å²) in [4.78, 5) is 24.7. The van der Waals surface area contributed by atoms with Crippen molar-refractivity contribution in [2.45, 2.75) is 32.2 Å². The third kappa shape index (κ3) is 2.20. The SMILES string of the molecule is Cc1[nH]nc(C(=O)N2CCCCC2C(=O)O)c1Cl. The number of carbonyl (C=O) groups is 2. The second kappa shape index (κ2) is 4.97. The summed E-state index contributed by atoms with van der Waals surface area (Å²) in [6, 6.07) is -0.778. The quantitative estimate of drug-likeness (QED) is 0.852. The summed E-state index contributed by atoms with van der Waals surface area (Å²) in [6.07, 6.45) is 2.09. The molecule has 0 radical (unpaired) electrons. The van der Waals surface area contributed by atoms with Gasteiger partial charge in [-0.2, -0.15) is 5.10 Å². The first-order valence-corrected chi connectivity index (χ1v) is 6.14. The largest absolute Gasteiger partial charge is 0.480 e. The van der Waals surface area contributed by atoms with Crippen LogP contribution < -0.4 is 0 Å². The number of aliphatic carboxylic acids is 1. The maximum Gasteiger partial charge on any atom is 0.326 e. The van der Waals surface area contributed by atoms with Crippen molar-refractivity contribution in [1.82, 2.24) is 15.1 Å². The third-order valence-corrected chi connectivity index (χ3v) is 3.59. The van der Waals surface area contributed by atoms with E-state index in [-0.39, 0.29) is 10.7 Å². The Morgan fingerprint density at radius 2 is 2.22 bits per heavy atom. The number of hydrogen-bond donors (Lipinski definition) is 2. The Morgan fingerprint density at radius 1 is 1.50 bits per heavy atom. The maximum absolute atomic E-state index is 12.2. The molecule has 1 atom stereocenters. The minimum atomic E-state index is -0.980. The molecule has 6 nitrogen and oxygen atoms in total. The number of nitrogens with one attached hydrogen (secondary N) is 1. The van der Waals surface area contributed by atoms with Gasteiger partial charge in [-0.1, -0.05) is 11.6 Å². The van der Waals surface area contributed by atoms with E-state index in [4.69, 9.17) is 16.7 Å². The first-order valence-electron chi connectivity index (χ1n) is 5.76. The zero-order chi connectivity index (χ0) is 13.3. The lowest BCUT2D eigenvalue weighted by atomic mass is 10.0. The van der Waals surface area contributed by atoms with Gasteiger partial charge >= 0.3 is 5.97 Å². The lowest BCUT2D eigenvalue weighted by molar-refractivity contribution is -0.143. The van der Waals surface area contributed by atoms with Crippen LogP contribution in [0.5, 0.6) is 0 Å². The molecule has 98 valence electrons. The molecule has 1 aliphatic rings. The van der Waals surface area contributed by atoms with Gasteiger partial charge in [-0.15, -0.1) is 0 Å². The number of piperidine rings is 1. The van der Waals surface area contributed by atoms with Crippen LogP contribution >= 0.6 is 11.6 Å². The molecular formula is C11H14ClN3O3. The van der Waals surface area contributed by atoms with E-state index >= 15 is 0 Å². The summed E-state index contributed by atoms with van der Waals surface area (Å²) in [5, 5.41) is 15.9. The van der Waals surface area contributed by atoms with Gasteiger partial charge in [0, 0.05) is 6.54 Å². The summed E-state index contributed by atoms with van der Waals surface area (Å²) in [7, 11) is 0. The molecule has 0 spiro atoms. The van der Waals surface area contributed by atoms with E-state index in [1.54, 1.807) is 6.92 Å². The van der Waals surface area contributed by atoms with Crippen LogP contribution in [0.15, 0.2) is 0 Å². The Bertz CT molecular complexity index is 486.